The summed E-state index contributed by atoms with van der Waals surface area (Å²) in [6.07, 6.45) is 1.04. The van der Waals surface area contributed by atoms with Gasteiger partial charge in [0.1, 0.15) is 5.52 Å². The third-order valence-electron chi connectivity index (χ3n) is 4.05. The molecule has 0 radical (unpaired) electrons. The smallest absolute Gasteiger partial charge is 0.335 e. The van der Waals surface area contributed by atoms with E-state index in [0.717, 1.165) is 19.5 Å². The molecule has 2 unspecified atom stereocenters. The van der Waals surface area contributed by atoms with Gasteiger partial charge in [-0.25, -0.2) is 4.79 Å². The van der Waals surface area contributed by atoms with Gasteiger partial charge in [0.15, 0.2) is 5.58 Å². The minimum absolute atomic E-state index is 0.206. The van der Waals surface area contributed by atoms with Crippen molar-refractivity contribution in [3.63, 3.8) is 0 Å². The van der Waals surface area contributed by atoms with Crippen molar-refractivity contribution in [2.24, 2.45) is 5.92 Å². The van der Waals surface area contributed by atoms with Crippen LogP contribution < -0.4 is 5.32 Å². The molecule has 21 heavy (non-hydrogen) atoms. The van der Waals surface area contributed by atoms with Crippen LogP contribution in [0.25, 0.3) is 11.1 Å². The van der Waals surface area contributed by atoms with E-state index in [1.54, 1.807) is 6.07 Å². The highest BCUT2D eigenvalue weighted by atomic mass is 16.4. The molecule has 0 aliphatic carbocycles. The Bertz CT molecular complexity index is 667. The Morgan fingerprint density at radius 3 is 3.05 bits per heavy atom. The van der Waals surface area contributed by atoms with E-state index < -0.39 is 5.97 Å². The van der Waals surface area contributed by atoms with E-state index in [1.807, 2.05) is 0 Å². The molecule has 1 aliphatic heterocycles. The fourth-order valence-corrected chi connectivity index (χ4v) is 2.85. The highest BCUT2D eigenvalue weighted by Gasteiger charge is 2.25. The standard InChI is InChI=1S/C15H19N3O3/c1-9-8-18(2)6-5-11(9)16-15-17-12-4-3-10(14(19)20)7-13(12)21-15/h3-4,7,9,11H,5-6,8H2,1-2H3,(H,16,17)(H,19,20). The van der Waals surface area contributed by atoms with Crippen molar-refractivity contribution >= 4 is 23.1 Å². The van der Waals surface area contributed by atoms with E-state index in [9.17, 15) is 4.79 Å². The number of piperidine rings is 1. The van der Waals surface area contributed by atoms with E-state index in [4.69, 9.17) is 9.52 Å². The Morgan fingerprint density at radius 1 is 1.52 bits per heavy atom. The summed E-state index contributed by atoms with van der Waals surface area (Å²) < 4.78 is 5.64. The van der Waals surface area contributed by atoms with Crippen molar-refractivity contribution in [1.29, 1.82) is 0 Å². The normalized spacial score (nSPS) is 23.3. The highest BCUT2D eigenvalue weighted by molar-refractivity contribution is 5.92. The maximum absolute atomic E-state index is 11.0. The lowest BCUT2D eigenvalue weighted by atomic mass is 9.94. The van der Waals surface area contributed by atoms with Crippen molar-refractivity contribution in [3.8, 4) is 0 Å². The van der Waals surface area contributed by atoms with Gasteiger partial charge >= 0.3 is 5.97 Å². The van der Waals surface area contributed by atoms with Gasteiger partial charge < -0.3 is 19.7 Å². The molecule has 2 aromatic rings. The molecule has 6 nitrogen and oxygen atoms in total. The lowest BCUT2D eigenvalue weighted by Gasteiger charge is -2.34. The summed E-state index contributed by atoms with van der Waals surface area (Å²) in [5, 5.41) is 12.3. The zero-order valence-corrected chi connectivity index (χ0v) is 12.2. The predicted octanol–water partition coefficient (Wildman–Crippen LogP) is 2.28. The Labute approximate surface area is 122 Å². The molecule has 3 rings (SSSR count). The first kappa shape index (κ1) is 13.9. The van der Waals surface area contributed by atoms with Gasteiger partial charge in [0, 0.05) is 12.6 Å². The molecule has 1 fully saturated rings. The molecule has 1 saturated heterocycles. The third-order valence-corrected chi connectivity index (χ3v) is 4.05. The fourth-order valence-electron chi connectivity index (χ4n) is 2.85. The molecular formula is C15H19N3O3. The van der Waals surface area contributed by atoms with Crippen LogP contribution in [0.4, 0.5) is 6.01 Å². The first-order valence-electron chi connectivity index (χ1n) is 7.12. The molecule has 0 saturated carbocycles. The second-order valence-corrected chi connectivity index (χ2v) is 5.79. The number of carboxylic acids is 1. The average molecular weight is 289 g/mol. The number of hydrogen-bond donors (Lipinski definition) is 2. The molecule has 1 aromatic carbocycles. The zero-order chi connectivity index (χ0) is 15.0. The Hall–Kier alpha value is -2.08. The Balaban J connectivity index is 1.80. The van der Waals surface area contributed by atoms with Gasteiger partial charge in [-0.2, -0.15) is 4.98 Å². The molecule has 1 aliphatic rings. The van der Waals surface area contributed by atoms with Crippen LogP contribution in [0.5, 0.6) is 0 Å². The van der Waals surface area contributed by atoms with Gasteiger partial charge in [-0.1, -0.05) is 6.92 Å². The number of carbonyl (C=O) groups is 1. The van der Waals surface area contributed by atoms with Gasteiger partial charge in [0.05, 0.1) is 5.56 Å². The van der Waals surface area contributed by atoms with E-state index in [-0.39, 0.29) is 5.56 Å². The average Bonchev–Trinajstić information content (AvgIpc) is 2.83. The van der Waals surface area contributed by atoms with Crippen molar-refractivity contribution in [3.05, 3.63) is 23.8 Å². The van der Waals surface area contributed by atoms with Crippen LogP contribution in [0.1, 0.15) is 23.7 Å². The third kappa shape index (κ3) is 2.85. The number of aromatic carboxylic acids is 1. The van der Waals surface area contributed by atoms with Crippen LogP contribution in [-0.2, 0) is 0 Å². The summed E-state index contributed by atoms with van der Waals surface area (Å²) in [7, 11) is 2.12. The number of rotatable bonds is 3. The van der Waals surface area contributed by atoms with Crippen molar-refractivity contribution < 1.29 is 14.3 Å². The number of nitrogens with zero attached hydrogens (tertiary/aromatic N) is 2. The van der Waals surface area contributed by atoms with Gasteiger partial charge in [0.25, 0.3) is 6.01 Å². The fraction of sp³-hybridized carbons (Fsp3) is 0.467. The minimum Gasteiger partial charge on any atom is -0.478 e. The molecule has 0 amide bonds. The summed E-state index contributed by atoms with van der Waals surface area (Å²) in [6, 6.07) is 5.51. The summed E-state index contributed by atoms with van der Waals surface area (Å²) in [5.74, 6) is -0.458. The van der Waals surface area contributed by atoms with Crippen LogP contribution in [0, 0.1) is 5.92 Å². The van der Waals surface area contributed by atoms with Crippen molar-refractivity contribution in [2.45, 2.75) is 19.4 Å². The molecule has 2 heterocycles. The zero-order valence-electron chi connectivity index (χ0n) is 12.2. The van der Waals surface area contributed by atoms with Crippen molar-refractivity contribution in [1.82, 2.24) is 9.88 Å². The first-order chi connectivity index (χ1) is 10.0. The lowest BCUT2D eigenvalue weighted by molar-refractivity contribution is 0.0697. The summed E-state index contributed by atoms with van der Waals surface area (Å²) >= 11 is 0. The number of oxazole rings is 1. The SMILES string of the molecule is CC1CN(C)CCC1Nc1nc2ccc(C(=O)O)cc2o1. The maximum atomic E-state index is 11.0. The van der Waals surface area contributed by atoms with Crippen LogP contribution in [0.2, 0.25) is 0 Å². The largest absolute Gasteiger partial charge is 0.478 e. The maximum Gasteiger partial charge on any atom is 0.335 e. The number of nitrogens with one attached hydrogen (secondary N) is 1. The molecule has 0 bridgehead atoms. The van der Waals surface area contributed by atoms with E-state index in [0.29, 0.717) is 29.1 Å². The number of aromatic nitrogens is 1. The number of fused-ring (bicyclic) bond motifs is 1. The van der Waals surface area contributed by atoms with Crippen molar-refractivity contribution in [2.75, 3.05) is 25.5 Å². The molecule has 2 atom stereocenters. The van der Waals surface area contributed by atoms with Gasteiger partial charge in [-0.3, -0.25) is 0 Å². The summed E-state index contributed by atoms with van der Waals surface area (Å²) in [5.41, 5.74) is 1.37. The van der Waals surface area contributed by atoms with Gasteiger partial charge in [-0.05, 0) is 44.1 Å². The number of anilines is 1. The van der Waals surface area contributed by atoms with Crippen LogP contribution in [-0.4, -0.2) is 47.1 Å². The minimum atomic E-state index is -0.966. The second kappa shape index (κ2) is 5.37. The highest BCUT2D eigenvalue weighted by Crippen LogP contribution is 2.24. The summed E-state index contributed by atoms with van der Waals surface area (Å²) in [6.45, 7) is 4.30. The molecule has 6 heteroatoms. The van der Waals surface area contributed by atoms with Gasteiger partial charge in [-0.15, -0.1) is 0 Å². The molecule has 1 aromatic heterocycles. The van der Waals surface area contributed by atoms with E-state index in [2.05, 4.69) is 29.2 Å². The Kier molecular flexibility index (Phi) is 3.55. The Morgan fingerprint density at radius 2 is 2.33 bits per heavy atom. The van der Waals surface area contributed by atoms with E-state index in [1.165, 1.54) is 12.1 Å². The molecule has 0 spiro atoms. The number of carboxylic acid groups (broad SMARTS) is 1. The summed E-state index contributed by atoms with van der Waals surface area (Å²) in [4.78, 5) is 17.6. The number of hydrogen-bond acceptors (Lipinski definition) is 5. The van der Waals surface area contributed by atoms with Crippen LogP contribution >= 0.6 is 0 Å². The van der Waals surface area contributed by atoms with Crippen LogP contribution in [0.3, 0.4) is 0 Å². The van der Waals surface area contributed by atoms with Gasteiger partial charge in [0.2, 0.25) is 0 Å². The topological polar surface area (TPSA) is 78.6 Å². The second-order valence-electron chi connectivity index (χ2n) is 5.79. The van der Waals surface area contributed by atoms with E-state index >= 15 is 0 Å². The predicted molar refractivity (Wildman–Crippen MR) is 79.7 cm³/mol. The molecule has 112 valence electrons. The number of benzene rings is 1. The van der Waals surface area contributed by atoms with Crippen LogP contribution in [0.15, 0.2) is 22.6 Å². The first-order valence-corrected chi connectivity index (χ1v) is 7.12. The quantitative estimate of drug-likeness (QED) is 0.902. The monoisotopic (exact) mass is 289 g/mol. The molecule has 2 N–H and O–H groups in total. The lowest BCUT2D eigenvalue weighted by Crippen LogP contribution is -2.43. The number of likely N-dealkylation sites (tertiary alicyclic amines) is 1. The molecular weight excluding hydrogens is 270 g/mol.